The molecule has 0 aliphatic rings. The van der Waals surface area contributed by atoms with Crippen LogP contribution in [-0.4, -0.2) is 31.1 Å². The van der Waals surface area contributed by atoms with Gasteiger partial charge < -0.3 is 5.32 Å². The smallest absolute Gasteiger partial charge is 0.0574 e. The molecule has 0 radical (unpaired) electrons. The molecule has 1 aromatic carbocycles. The summed E-state index contributed by atoms with van der Waals surface area (Å²) in [6, 6.07) is 11.0. The molecule has 1 rings (SSSR count). The molecule has 2 heteroatoms. The lowest BCUT2D eigenvalue weighted by atomic mass is 10.1. The Morgan fingerprint density at radius 1 is 1.24 bits per heavy atom. The van der Waals surface area contributed by atoms with Crippen LogP contribution in [0.1, 0.15) is 25.5 Å². The highest BCUT2D eigenvalue weighted by Gasteiger charge is 2.16. The number of hydrogen-bond donors (Lipinski definition) is 1. The van der Waals surface area contributed by atoms with Gasteiger partial charge in [0.05, 0.1) is 6.54 Å². The predicted octanol–water partition coefficient (Wildman–Crippen LogP) is 2.29. The molecule has 92 valence electrons. The zero-order valence-corrected chi connectivity index (χ0v) is 10.8. The van der Waals surface area contributed by atoms with Gasteiger partial charge in [0.15, 0.2) is 0 Å². The topological polar surface area (TPSA) is 15.3 Å². The fraction of sp³-hybridized carbons (Fsp3) is 0.467. The number of nitrogens with one attached hydrogen (secondary N) is 1. The molecule has 0 aliphatic heterocycles. The lowest BCUT2D eigenvalue weighted by molar-refractivity contribution is 0.215. The van der Waals surface area contributed by atoms with Gasteiger partial charge in [-0.15, -0.1) is 6.42 Å². The second-order valence-electron chi connectivity index (χ2n) is 3.98. The summed E-state index contributed by atoms with van der Waals surface area (Å²) in [4.78, 5) is 2.44. The maximum absolute atomic E-state index is 5.27. The number of likely N-dealkylation sites (N-methyl/N-ethyl adjacent to an activating group) is 1. The van der Waals surface area contributed by atoms with Crippen LogP contribution in [0.5, 0.6) is 0 Å². The van der Waals surface area contributed by atoms with Gasteiger partial charge in [-0.1, -0.05) is 50.1 Å². The van der Waals surface area contributed by atoms with E-state index in [-0.39, 0.29) is 0 Å². The minimum atomic E-state index is 0.402. The van der Waals surface area contributed by atoms with Crippen molar-refractivity contribution in [1.29, 1.82) is 0 Å². The molecule has 1 atom stereocenters. The minimum absolute atomic E-state index is 0.402. The first-order valence-corrected chi connectivity index (χ1v) is 6.26. The Labute approximate surface area is 105 Å². The number of benzene rings is 1. The molecule has 0 amide bonds. The van der Waals surface area contributed by atoms with E-state index in [9.17, 15) is 0 Å². The second-order valence-corrected chi connectivity index (χ2v) is 3.98. The highest BCUT2D eigenvalue weighted by Crippen LogP contribution is 2.19. The zero-order valence-electron chi connectivity index (χ0n) is 10.8. The van der Waals surface area contributed by atoms with Gasteiger partial charge in [-0.2, -0.15) is 0 Å². The molecule has 17 heavy (non-hydrogen) atoms. The van der Waals surface area contributed by atoms with Crippen molar-refractivity contribution in [1.82, 2.24) is 10.2 Å². The van der Waals surface area contributed by atoms with Gasteiger partial charge in [0, 0.05) is 12.6 Å². The standard InChI is InChI=1S/C15H22N2/c1-4-12-16-13-15(17(5-2)6-3)14-10-8-7-9-11-14/h1,7-11,15-16H,5-6,12-13H2,2-3H3. The van der Waals surface area contributed by atoms with Crippen molar-refractivity contribution in [3.63, 3.8) is 0 Å². The molecule has 0 spiro atoms. The molecule has 0 aromatic heterocycles. The third-order valence-electron chi connectivity index (χ3n) is 3.00. The van der Waals surface area contributed by atoms with E-state index < -0.39 is 0 Å². The van der Waals surface area contributed by atoms with E-state index in [1.807, 2.05) is 0 Å². The highest BCUT2D eigenvalue weighted by molar-refractivity contribution is 5.19. The van der Waals surface area contributed by atoms with E-state index in [1.54, 1.807) is 0 Å². The monoisotopic (exact) mass is 230 g/mol. The molecule has 1 N–H and O–H groups in total. The molecular weight excluding hydrogens is 208 g/mol. The summed E-state index contributed by atoms with van der Waals surface area (Å²) < 4.78 is 0. The summed E-state index contributed by atoms with van der Waals surface area (Å²) in [6.45, 7) is 8.02. The first-order chi connectivity index (χ1) is 8.33. The van der Waals surface area contributed by atoms with Crippen LogP contribution in [0.25, 0.3) is 0 Å². The summed E-state index contributed by atoms with van der Waals surface area (Å²) >= 11 is 0. The Bertz CT molecular complexity index is 336. The normalized spacial score (nSPS) is 12.4. The number of nitrogens with zero attached hydrogens (tertiary/aromatic N) is 1. The Kier molecular flexibility index (Phi) is 6.39. The predicted molar refractivity (Wildman–Crippen MR) is 73.8 cm³/mol. The second kappa shape index (κ2) is 7.89. The molecule has 0 saturated heterocycles. The average molecular weight is 230 g/mol. The number of hydrogen-bond acceptors (Lipinski definition) is 2. The van der Waals surface area contributed by atoms with Crippen molar-refractivity contribution in [2.45, 2.75) is 19.9 Å². The summed E-state index contributed by atoms with van der Waals surface area (Å²) in [6.07, 6.45) is 5.27. The van der Waals surface area contributed by atoms with Gasteiger partial charge in [0.2, 0.25) is 0 Å². The van der Waals surface area contributed by atoms with Crippen LogP contribution in [0.4, 0.5) is 0 Å². The maximum atomic E-state index is 5.27. The summed E-state index contributed by atoms with van der Waals surface area (Å²) in [7, 11) is 0. The largest absolute Gasteiger partial charge is 0.304 e. The van der Waals surface area contributed by atoms with E-state index in [0.29, 0.717) is 12.6 Å². The first-order valence-electron chi connectivity index (χ1n) is 6.26. The SMILES string of the molecule is C#CCNCC(c1ccccc1)N(CC)CC. The lowest BCUT2D eigenvalue weighted by Crippen LogP contribution is -2.35. The van der Waals surface area contributed by atoms with Crippen LogP contribution >= 0.6 is 0 Å². The molecule has 2 nitrogen and oxygen atoms in total. The molecule has 0 fully saturated rings. The van der Waals surface area contributed by atoms with Crippen LogP contribution < -0.4 is 5.32 Å². The van der Waals surface area contributed by atoms with Gasteiger partial charge in [0.1, 0.15) is 0 Å². The summed E-state index contributed by atoms with van der Waals surface area (Å²) in [5.74, 6) is 2.62. The molecule has 0 bridgehead atoms. The Morgan fingerprint density at radius 2 is 1.88 bits per heavy atom. The van der Waals surface area contributed by atoms with Gasteiger partial charge >= 0.3 is 0 Å². The third-order valence-corrected chi connectivity index (χ3v) is 3.00. The molecule has 0 heterocycles. The average Bonchev–Trinajstić information content (AvgIpc) is 2.39. The van der Waals surface area contributed by atoms with Crippen LogP contribution in [0.3, 0.4) is 0 Å². The first kappa shape index (κ1) is 13.8. The lowest BCUT2D eigenvalue weighted by Gasteiger charge is -2.30. The third kappa shape index (κ3) is 4.22. The van der Waals surface area contributed by atoms with E-state index in [1.165, 1.54) is 5.56 Å². The van der Waals surface area contributed by atoms with Crippen molar-refractivity contribution in [3.05, 3.63) is 35.9 Å². The van der Waals surface area contributed by atoms with E-state index in [4.69, 9.17) is 6.42 Å². The minimum Gasteiger partial charge on any atom is -0.304 e. The fourth-order valence-electron chi connectivity index (χ4n) is 2.08. The van der Waals surface area contributed by atoms with Crippen LogP contribution in [0, 0.1) is 12.3 Å². The van der Waals surface area contributed by atoms with Crippen LogP contribution in [0.2, 0.25) is 0 Å². The Morgan fingerprint density at radius 3 is 2.41 bits per heavy atom. The highest BCUT2D eigenvalue weighted by atomic mass is 15.2. The summed E-state index contributed by atoms with van der Waals surface area (Å²) in [5, 5.41) is 3.30. The van der Waals surface area contributed by atoms with Crippen molar-refractivity contribution in [2.75, 3.05) is 26.2 Å². The zero-order chi connectivity index (χ0) is 12.5. The van der Waals surface area contributed by atoms with Crippen LogP contribution in [0.15, 0.2) is 30.3 Å². The quantitative estimate of drug-likeness (QED) is 0.571. The Hall–Kier alpha value is -1.30. The van der Waals surface area contributed by atoms with Crippen molar-refractivity contribution in [2.24, 2.45) is 0 Å². The van der Waals surface area contributed by atoms with Crippen molar-refractivity contribution in [3.8, 4) is 12.3 Å². The van der Waals surface area contributed by atoms with Gasteiger partial charge in [-0.05, 0) is 18.7 Å². The molecule has 0 saturated carbocycles. The molecule has 0 aliphatic carbocycles. The van der Waals surface area contributed by atoms with Crippen molar-refractivity contribution < 1.29 is 0 Å². The molecule has 1 aromatic rings. The van der Waals surface area contributed by atoms with E-state index in [2.05, 4.69) is 60.3 Å². The molecule has 1 unspecified atom stereocenters. The fourth-order valence-corrected chi connectivity index (χ4v) is 2.08. The number of rotatable bonds is 7. The van der Waals surface area contributed by atoms with E-state index in [0.717, 1.165) is 19.6 Å². The van der Waals surface area contributed by atoms with Gasteiger partial charge in [-0.3, -0.25) is 4.90 Å². The van der Waals surface area contributed by atoms with E-state index >= 15 is 0 Å². The van der Waals surface area contributed by atoms with Gasteiger partial charge in [0.25, 0.3) is 0 Å². The molecular formula is C15H22N2. The van der Waals surface area contributed by atoms with Crippen molar-refractivity contribution >= 4 is 0 Å². The summed E-state index contributed by atoms with van der Waals surface area (Å²) in [5.41, 5.74) is 1.35. The number of terminal acetylenes is 1. The Balaban J connectivity index is 2.75. The maximum Gasteiger partial charge on any atom is 0.0574 e. The van der Waals surface area contributed by atoms with Crippen LogP contribution in [-0.2, 0) is 0 Å². The van der Waals surface area contributed by atoms with Gasteiger partial charge in [-0.25, -0.2) is 0 Å².